The van der Waals surface area contributed by atoms with E-state index in [1.165, 1.54) is 13.2 Å². The van der Waals surface area contributed by atoms with Gasteiger partial charge >= 0.3 is 5.97 Å². The van der Waals surface area contributed by atoms with Crippen molar-refractivity contribution < 1.29 is 9.53 Å². The summed E-state index contributed by atoms with van der Waals surface area (Å²) in [6.45, 7) is 1.92. The van der Waals surface area contributed by atoms with Crippen molar-refractivity contribution in [2.24, 2.45) is 0 Å². The molecule has 0 atom stereocenters. The van der Waals surface area contributed by atoms with Crippen LogP contribution in [0.25, 0.3) is 10.9 Å². The zero-order chi connectivity index (χ0) is 11.7. The monoisotopic (exact) mass is 253 g/mol. The van der Waals surface area contributed by atoms with Crippen molar-refractivity contribution in [2.45, 2.75) is 6.92 Å². The lowest BCUT2D eigenvalue weighted by atomic mass is 10.1. The Balaban J connectivity index is 0.00000144. The molecule has 0 bridgehead atoms. The molecule has 0 unspecified atom stereocenters. The SMILES string of the molecule is COC(=O)c1cc(=O)c2ccc(C)cc2[nH]1.Cl. The lowest BCUT2D eigenvalue weighted by Crippen LogP contribution is -2.11. The summed E-state index contributed by atoms with van der Waals surface area (Å²) in [7, 11) is 1.28. The summed E-state index contributed by atoms with van der Waals surface area (Å²) in [6, 6.07) is 6.67. The number of hydrogen-bond donors (Lipinski definition) is 1. The van der Waals surface area contributed by atoms with Gasteiger partial charge in [0.25, 0.3) is 0 Å². The maximum Gasteiger partial charge on any atom is 0.354 e. The van der Waals surface area contributed by atoms with E-state index < -0.39 is 5.97 Å². The molecule has 4 nitrogen and oxygen atoms in total. The number of rotatable bonds is 1. The number of pyridine rings is 1. The number of nitrogens with one attached hydrogen (secondary N) is 1. The fourth-order valence-corrected chi connectivity index (χ4v) is 1.59. The van der Waals surface area contributed by atoms with E-state index in [0.717, 1.165) is 5.56 Å². The second kappa shape index (κ2) is 5.01. The minimum atomic E-state index is -0.541. The fourth-order valence-electron chi connectivity index (χ4n) is 1.59. The number of fused-ring (bicyclic) bond motifs is 1. The molecule has 5 heteroatoms. The lowest BCUT2D eigenvalue weighted by molar-refractivity contribution is 0.0594. The average molecular weight is 254 g/mol. The summed E-state index contributed by atoms with van der Waals surface area (Å²) >= 11 is 0. The molecule has 0 fully saturated rings. The van der Waals surface area contributed by atoms with Crippen molar-refractivity contribution in [2.75, 3.05) is 7.11 Å². The molecular weight excluding hydrogens is 242 g/mol. The Labute approximate surface area is 104 Å². The third-order valence-corrected chi connectivity index (χ3v) is 2.39. The second-order valence-electron chi connectivity index (χ2n) is 3.59. The van der Waals surface area contributed by atoms with Gasteiger partial charge in [0.05, 0.1) is 12.6 Å². The van der Waals surface area contributed by atoms with E-state index in [4.69, 9.17) is 0 Å². The largest absolute Gasteiger partial charge is 0.464 e. The summed E-state index contributed by atoms with van der Waals surface area (Å²) in [5, 5.41) is 0.568. The molecule has 1 N–H and O–H groups in total. The van der Waals surface area contributed by atoms with Gasteiger partial charge in [-0.2, -0.15) is 0 Å². The number of aryl methyl sites for hydroxylation is 1. The van der Waals surface area contributed by atoms with Crippen LogP contribution in [0.5, 0.6) is 0 Å². The van der Waals surface area contributed by atoms with E-state index in [1.807, 2.05) is 19.1 Å². The first kappa shape index (κ1) is 13.3. The Hall–Kier alpha value is -1.81. The van der Waals surface area contributed by atoms with Crippen LogP contribution in [0.3, 0.4) is 0 Å². The molecule has 2 rings (SSSR count). The Morgan fingerprint density at radius 3 is 2.65 bits per heavy atom. The molecule has 90 valence electrons. The van der Waals surface area contributed by atoms with Crippen molar-refractivity contribution in [3.8, 4) is 0 Å². The van der Waals surface area contributed by atoms with Crippen LogP contribution in [0, 0.1) is 6.92 Å². The third-order valence-electron chi connectivity index (χ3n) is 2.39. The van der Waals surface area contributed by atoms with Crippen LogP contribution in [0.4, 0.5) is 0 Å². The minimum absolute atomic E-state index is 0. The number of aromatic nitrogens is 1. The van der Waals surface area contributed by atoms with Gasteiger partial charge in [0.2, 0.25) is 0 Å². The van der Waals surface area contributed by atoms with Gasteiger partial charge in [-0.1, -0.05) is 6.07 Å². The van der Waals surface area contributed by atoms with Gasteiger partial charge < -0.3 is 9.72 Å². The number of H-pyrrole nitrogens is 1. The number of carbonyl (C=O) groups excluding carboxylic acids is 1. The van der Waals surface area contributed by atoms with Crippen LogP contribution in [0.1, 0.15) is 16.1 Å². The number of aromatic amines is 1. The van der Waals surface area contributed by atoms with E-state index >= 15 is 0 Å². The van der Waals surface area contributed by atoms with Gasteiger partial charge in [-0.05, 0) is 24.6 Å². The summed E-state index contributed by atoms with van der Waals surface area (Å²) in [5.41, 5.74) is 1.65. The molecule has 0 aliphatic heterocycles. The lowest BCUT2D eigenvalue weighted by Gasteiger charge is -2.03. The number of esters is 1. The number of benzene rings is 1. The van der Waals surface area contributed by atoms with Crippen LogP contribution in [-0.4, -0.2) is 18.1 Å². The van der Waals surface area contributed by atoms with E-state index in [9.17, 15) is 9.59 Å². The molecule has 1 aromatic heterocycles. The van der Waals surface area contributed by atoms with E-state index in [-0.39, 0.29) is 23.5 Å². The zero-order valence-corrected chi connectivity index (χ0v) is 10.3. The first-order valence-electron chi connectivity index (χ1n) is 4.84. The number of ether oxygens (including phenoxy) is 1. The van der Waals surface area contributed by atoms with Gasteiger partial charge in [-0.25, -0.2) is 4.79 Å². The first-order chi connectivity index (χ1) is 7.61. The predicted octanol–water partition coefficient (Wildman–Crippen LogP) is 2.04. The summed E-state index contributed by atoms with van der Waals surface area (Å²) in [4.78, 5) is 25.9. The van der Waals surface area contributed by atoms with Crippen LogP contribution >= 0.6 is 12.4 Å². The summed E-state index contributed by atoms with van der Waals surface area (Å²) in [6.07, 6.45) is 0. The standard InChI is InChI=1S/C12H11NO3.ClH/c1-7-3-4-8-9(5-7)13-10(6-11(8)14)12(15)16-2;/h3-6H,1-2H3,(H,13,14);1H. The van der Waals surface area contributed by atoms with E-state index in [0.29, 0.717) is 10.9 Å². The smallest absolute Gasteiger partial charge is 0.354 e. The molecule has 0 saturated carbocycles. The maximum absolute atomic E-state index is 11.7. The van der Waals surface area contributed by atoms with Crippen LogP contribution < -0.4 is 5.43 Å². The zero-order valence-electron chi connectivity index (χ0n) is 9.44. The highest BCUT2D eigenvalue weighted by molar-refractivity contribution is 5.91. The molecule has 0 aliphatic carbocycles. The van der Waals surface area contributed by atoms with Crippen molar-refractivity contribution in [3.05, 3.63) is 45.7 Å². The Morgan fingerprint density at radius 1 is 1.29 bits per heavy atom. The Kier molecular flexibility index (Phi) is 3.91. The highest BCUT2D eigenvalue weighted by Crippen LogP contribution is 2.10. The number of hydrogen-bond acceptors (Lipinski definition) is 3. The normalized spacial score (nSPS) is 9.76. The third kappa shape index (κ3) is 2.47. The number of methoxy groups -OCH3 is 1. The molecule has 2 aromatic rings. The van der Waals surface area contributed by atoms with Gasteiger partial charge in [-0.3, -0.25) is 4.79 Å². The highest BCUT2D eigenvalue weighted by atomic mass is 35.5. The van der Waals surface area contributed by atoms with Crippen LogP contribution in [0.15, 0.2) is 29.1 Å². The molecule has 0 saturated heterocycles. The van der Waals surface area contributed by atoms with E-state index in [2.05, 4.69) is 9.72 Å². The van der Waals surface area contributed by atoms with Crippen LogP contribution in [0.2, 0.25) is 0 Å². The first-order valence-corrected chi connectivity index (χ1v) is 4.84. The van der Waals surface area contributed by atoms with Crippen molar-refractivity contribution in [1.29, 1.82) is 0 Å². The van der Waals surface area contributed by atoms with Crippen molar-refractivity contribution >= 4 is 29.3 Å². The molecule has 17 heavy (non-hydrogen) atoms. The summed E-state index contributed by atoms with van der Waals surface area (Å²) < 4.78 is 4.56. The van der Waals surface area contributed by atoms with E-state index in [1.54, 1.807) is 6.07 Å². The molecule has 0 aliphatic rings. The summed E-state index contributed by atoms with van der Waals surface area (Å²) in [5.74, 6) is -0.541. The van der Waals surface area contributed by atoms with Crippen molar-refractivity contribution in [1.82, 2.24) is 4.98 Å². The van der Waals surface area contributed by atoms with Crippen LogP contribution in [-0.2, 0) is 4.74 Å². The predicted molar refractivity (Wildman–Crippen MR) is 67.9 cm³/mol. The quantitative estimate of drug-likeness (QED) is 0.792. The highest BCUT2D eigenvalue weighted by Gasteiger charge is 2.09. The molecule has 1 heterocycles. The number of carbonyl (C=O) groups is 1. The topological polar surface area (TPSA) is 59.2 Å². The Morgan fingerprint density at radius 2 is 2.00 bits per heavy atom. The van der Waals surface area contributed by atoms with Gasteiger partial charge in [-0.15, -0.1) is 12.4 Å². The maximum atomic E-state index is 11.7. The van der Waals surface area contributed by atoms with Gasteiger partial charge in [0.1, 0.15) is 5.69 Å². The fraction of sp³-hybridized carbons (Fsp3) is 0.167. The second-order valence-corrected chi connectivity index (χ2v) is 3.59. The molecule has 0 spiro atoms. The number of halogens is 1. The molecule has 1 aromatic carbocycles. The molecular formula is C12H12ClNO3. The minimum Gasteiger partial charge on any atom is -0.464 e. The average Bonchev–Trinajstić information content (AvgIpc) is 2.27. The van der Waals surface area contributed by atoms with Crippen molar-refractivity contribution in [3.63, 3.8) is 0 Å². The van der Waals surface area contributed by atoms with Gasteiger partial charge in [0, 0.05) is 11.5 Å². The Bertz CT molecular complexity index is 619. The van der Waals surface area contributed by atoms with Gasteiger partial charge in [0.15, 0.2) is 5.43 Å². The molecule has 0 radical (unpaired) electrons. The molecule has 0 amide bonds.